The molecule has 2 rings (SSSR count). The molecule has 0 radical (unpaired) electrons. The fourth-order valence-corrected chi connectivity index (χ4v) is 1.78. The summed E-state index contributed by atoms with van der Waals surface area (Å²) >= 11 is 6.11. The van der Waals surface area contributed by atoms with Crippen LogP contribution in [0.2, 0.25) is 5.02 Å². The monoisotopic (exact) mass is 235 g/mol. The number of rotatable bonds is 1. The number of hydrogen-bond donors (Lipinski definition) is 1. The summed E-state index contributed by atoms with van der Waals surface area (Å²) in [6.45, 7) is 5.83. The Morgan fingerprint density at radius 2 is 1.94 bits per heavy atom. The smallest absolute Gasteiger partial charge is 0.0848 e. The summed E-state index contributed by atoms with van der Waals surface area (Å²) in [5.41, 5.74) is 10.4. The SMILES string of the molecule is Cc1cc(-n2nc(C)c(Cl)c2C)ccc1N. The first-order valence-corrected chi connectivity index (χ1v) is 5.46. The minimum absolute atomic E-state index is 0.717. The highest BCUT2D eigenvalue weighted by Gasteiger charge is 2.10. The first-order chi connectivity index (χ1) is 7.50. The first-order valence-electron chi connectivity index (χ1n) is 5.09. The molecule has 16 heavy (non-hydrogen) atoms. The first kappa shape index (κ1) is 11.0. The van der Waals surface area contributed by atoms with Crippen molar-refractivity contribution in [2.45, 2.75) is 20.8 Å². The van der Waals surface area contributed by atoms with Gasteiger partial charge >= 0.3 is 0 Å². The van der Waals surface area contributed by atoms with Crippen molar-refractivity contribution in [3.8, 4) is 5.69 Å². The van der Waals surface area contributed by atoms with Crippen LogP contribution in [-0.4, -0.2) is 9.78 Å². The van der Waals surface area contributed by atoms with Crippen molar-refractivity contribution in [1.29, 1.82) is 0 Å². The van der Waals surface area contributed by atoms with Crippen molar-refractivity contribution in [3.05, 3.63) is 40.2 Å². The van der Waals surface area contributed by atoms with E-state index in [1.807, 2.05) is 43.7 Å². The lowest BCUT2D eigenvalue weighted by Crippen LogP contribution is -2.00. The van der Waals surface area contributed by atoms with Crippen LogP contribution in [0, 0.1) is 20.8 Å². The van der Waals surface area contributed by atoms with E-state index in [0.29, 0.717) is 0 Å². The minimum Gasteiger partial charge on any atom is -0.399 e. The number of benzene rings is 1. The molecule has 0 saturated carbocycles. The van der Waals surface area contributed by atoms with E-state index in [9.17, 15) is 0 Å². The highest BCUT2D eigenvalue weighted by atomic mass is 35.5. The standard InChI is InChI=1S/C12H14ClN3/c1-7-6-10(4-5-11(7)14)16-9(3)12(13)8(2)15-16/h4-6H,14H2,1-3H3. The Kier molecular flexibility index (Phi) is 2.64. The number of anilines is 1. The zero-order valence-electron chi connectivity index (χ0n) is 9.58. The molecule has 4 heteroatoms. The number of aryl methyl sites for hydroxylation is 2. The Morgan fingerprint density at radius 3 is 2.44 bits per heavy atom. The van der Waals surface area contributed by atoms with Crippen molar-refractivity contribution in [2.24, 2.45) is 0 Å². The number of nitrogen functional groups attached to an aromatic ring is 1. The maximum Gasteiger partial charge on any atom is 0.0848 e. The van der Waals surface area contributed by atoms with Crippen LogP contribution in [0.15, 0.2) is 18.2 Å². The summed E-state index contributed by atoms with van der Waals surface area (Å²) in [6.07, 6.45) is 0. The largest absolute Gasteiger partial charge is 0.399 e. The van der Waals surface area contributed by atoms with Gasteiger partial charge in [0, 0.05) is 5.69 Å². The molecular formula is C12H14ClN3. The Morgan fingerprint density at radius 1 is 1.25 bits per heavy atom. The summed E-state index contributed by atoms with van der Waals surface area (Å²) in [4.78, 5) is 0. The van der Waals surface area contributed by atoms with Crippen LogP contribution in [0.4, 0.5) is 5.69 Å². The average Bonchev–Trinajstić information content (AvgIpc) is 2.50. The molecule has 0 unspecified atom stereocenters. The lowest BCUT2D eigenvalue weighted by atomic mass is 10.2. The van der Waals surface area contributed by atoms with E-state index in [1.165, 1.54) is 0 Å². The van der Waals surface area contributed by atoms with Gasteiger partial charge in [0.2, 0.25) is 0 Å². The maximum absolute atomic E-state index is 6.11. The summed E-state index contributed by atoms with van der Waals surface area (Å²) in [6, 6.07) is 5.83. The molecule has 0 fully saturated rings. The Balaban J connectivity index is 2.59. The summed E-state index contributed by atoms with van der Waals surface area (Å²) in [5, 5.41) is 5.11. The van der Waals surface area contributed by atoms with Gasteiger partial charge in [-0.3, -0.25) is 0 Å². The molecule has 3 nitrogen and oxygen atoms in total. The van der Waals surface area contributed by atoms with Gasteiger partial charge in [0.1, 0.15) is 0 Å². The third kappa shape index (κ3) is 1.67. The van der Waals surface area contributed by atoms with Crippen LogP contribution in [0.5, 0.6) is 0 Å². The van der Waals surface area contributed by atoms with Crippen LogP contribution >= 0.6 is 11.6 Å². The van der Waals surface area contributed by atoms with Gasteiger partial charge in [0.05, 0.1) is 22.1 Å². The molecule has 0 atom stereocenters. The number of nitrogens with two attached hydrogens (primary N) is 1. The lowest BCUT2D eigenvalue weighted by Gasteiger charge is -2.07. The van der Waals surface area contributed by atoms with Crippen LogP contribution in [-0.2, 0) is 0 Å². The highest BCUT2D eigenvalue weighted by Crippen LogP contribution is 2.23. The van der Waals surface area contributed by atoms with E-state index in [-0.39, 0.29) is 0 Å². The van der Waals surface area contributed by atoms with Gasteiger partial charge in [0.25, 0.3) is 0 Å². The zero-order valence-corrected chi connectivity index (χ0v) is 10.3. The molecular weight excluding hydrogens is 222 g/mol. The zero-order chi connectivity index (χ0) is 11.9. The maximum atomic E-state index is 6.11. The molecule has 0 bridgehead atoms. The molecule has 2 N–H and O–H groups in total. The van der Waals surface area contributed by atoms with E-state index >= 15 is 0 Å². The fourth-order valence-electron chi connectivity index (χ4n) is 1.67. The predicted molar refractivity (Wildman–Crippen MR) is 67.2 cm³/mol. The number of hydrogen-bond acceptors (Lipinski definition) is 2. The van der Waals surface area contributed by atoms with Gasteiger partial charge in [-0.05, 0) is 44.5 Å². The van der Waals surface area contributed by atoms with E-state index in [1.54, 1.807) is 0 Å². The van der Waals surface area contributed by atoms with Crippen LogP contribution < -0.4 is 5.73 Å². The van der Waals surface area contributed by atoms with Crippen molar-refractivity contribution < 1.29 is 0 Å². The molecule has 0 aliphatic heterocycles. The molecule has 1 aromatic carbocycles. The topological polar surface area (TPSA) is 43.8 Å². The Hall–Kier alpha value is -1.48. The molecule has 84 valence electrons. The third-order valence-corrected chi connectivity index (χ3v) is 3.25. The Labute approximate surface area is 99.8 Å². The summed E-state index contributed by atoms with van der Waals surface area (Å²) in [7, 11) is 0. The number of nitrogens with zero attached hydrogens (tertiary/aromatic N) is 2. The molecule has 0 amide bonds. The van der Waals surface area contributed by atoms with Gasteiger partial charge < -0.3 is 5.73 Å². The lowest BCUT2D eigenvalue weighted by molar-refractivity contribution is 0.833. The van der Waals surface area contributed by atoms with Crippen molar-refractivity contribution in [2.75, 3.05) is 5.73 Å². The van der Waals surface area contributed by atoms with Crippen LogP contribution in [0.3, 0.4) is 0 Å². The second kappa shape index (κ2) is 3.83. The average molecular weight is 236 g/mol. The van der Waals surface area contributed by atoms with E-state index in [4.69, 9.17) is 17.3 Å². The number of aromatic nitrogens is 2. The molecule has 0 aliphatic rings. The normalized spacial score (nSPS) is 10.8. The molecule has 1 aromatic heterocycles. The third-order valence-electron chi connectivity index (χ3n) is 2.70. The van der Waals surface area contributed by atoms with Gasteiger partial charge in [0.15, 0.2) is 0 Å². The minimum atomic E-state index is 0.717. The number of halogens is 1. The second-order valence-electron chi connectivity index (χ2n) is 3.94. The van der Waals surface area contributed by atoms with Crippen molar-refractivity contribution in [1.82, 2.24) is 9.78 Å². The molecule has 2 aromatic rings. The molecule has 1 heterocycles. The highest BCUT2D eigenvalue weighted by molar-refractivity contribution is 6.31. The summed E-state index contributed by atoms with van der Waals surface area (Å²) in [5.74, 6) is 0. The van der Waals surface area contributed by atoms with E-state index < -0.39 is 0 Å². The van der Waals surface area contributed by atoms with E-state index in [0.717, 1.165) is 33.3 Å². The Bertz CT molecular complexity index is 543. The van der Waals surface area contributed by atoms with Crippen LogP contribution in [0.25, 0.3) is 5.69 Å². The quantitative estimate of drug-likeness (QED) is 0.773. The van der Waals surface area contributed by atoms with E-state index in [2.05, 4.69) is 5.10 Å². The van der Waals surface area contributed by atoms with Crippen molar-refractivity contribution >= 4 is 17.3 Å². The summed E-state index contributed by atoms with van der Waals surface area (Å²) < 4.78 is 1.84. The molecule has 0 saturated heterocycles. The van der Waals surface area contributed by atoms with Gasteiger partial charge in [-0.25, -0.2) is 4.68 Å². The predicted octanol–water partition coefficient (Wildman–Crippen LogP) is 3.03. The second-order valence-corrected chi connectivity index (χ2v) is 4.32. The van der Waals surface area contributed by atoms with Crippen molar-refractivity contribution in [3.63, 3.8) is 0 Å². The van der Waals surface area contributed by atoms with Gasteiger partial charge in [-0.15, -0.1) is 0 Å². The van der Waals surface area contributed by atoms with Crippen LogP contribution in [0.1, 0.15) is 17.0 Å². The molecule has 0 aliphatic carbocycles. The molecule has 0 spiro atoms. The van der Waals surface area contributed by atoms with Gasteiger partial charge in [-0.2, -0.15) is 5.10 Å². The fraction of sp³-hybridized carbons (Fsp3) is 0.250. The van der Waals surface area contributed by atoms with Gasteiger partial charge in [-0.1, -0.05) is 11.6 Å².